The third kappa shape index (κ3) is 6.12. The van der Waals surface area contributed by atoms with Gasteiger partial charge >= 0.3 is 5.97 Å². The van der Waals surface area contributed by atoms with Gasteiger partial charge in [-0.25, -0.2) is 0 Å². The van der Waals surface area contributed by atoms with Crippen molar-refractivity contribution >= 4 is 35.1 Å². The molecule has 1 unspecified atom stereocenters. The van der Waals surface area contributed by atoms with Gasteiger partial charge in [0.25, 0.3) is 11.8 Å². The fourth-order valence-electron chi connectivity index (χ4n) is 4.09. The van der Waals surface area contributed by atoms with Crippen molar-refractivity contribution < 1.29 is 19.5 Å². The van der Waals surface area contributed by atoms with Gasteiger partial charge in [-0.1, -0.05) is 30.7 Å². The maximum atomic E-state index is 13.5. The van der Waals surface area contributed by atoms with E-state index >= 15 is 0 Å². The number of aliphatic imine (C=N–C) groups is 1. The maximum Gasteiger partial charge on any atom is 0.305 e. The number of unbranched alkanes of at least 4 members (excludes halogenated alkanes) is 2. The molecule has 34 heavy (non-hydrogen) atoms. The molecular weight excluding hydrogens is 434 g/mol. The summed E-state index contributed by atoms with van der Waals surface area (Å²) in [5.74, 6) is -1.57. The minimum Gasteiger partial charge on any atom is -0.481 e. The summed E-state index contributed by atoms with van der Waals surface area (Å²) in [5, 5.41) is 9.24. The minimum atomic E-state index is -1.02. The minimum absolute atomic E-state index is 0.0865. The number of para-hydroxylation sites is 1. The number of carbonyl (C=O) groups excluding carboxylic acids is 2. The van der Waals surface area contributed by atoms with E-state index in [1.807, 2.05) is 42.5 Å². The van der Waals surface area contributed by atoms with Crippen molar-refractivity contribution in [3.8, 4) is 0 Å². The number of benzene rings is 2. The normalized spacial score (nSPS) is 14.4. The van der Waals surface area contributed by atoms with Gasteiger partial charge in [-0.3, -0.25) is 24.3 Å². The summed E-state index contributed by atoms with van der Waals surface area (Å²) in [6.07, 6.45) is 3.20. The zero-order chi connectivity index (χ0) is 24.7. The molecule has 9 nitrogen and oxygen atoms in total. The molecule has 2 aromatic carbocycles. The number of rotatable bonds is 10. The Hall–Kier alpha value is -3.88. The standard InChI is InChI=1S/C25H31N5O4/c1-17(14-23(32)33)29-16-22(31)30(19-9-5-2-6-10-19)21-12-11-18(15-20(21)24(29)34)8-4-3-7-13-28-25(26)27/h2,5-6,9-12,15,17H,3-4,7-8,13-14,16H2,1H3,(H,32,33)(H4,26,27,28). The summed E-state index contributed by atoms with van der Waals surface area (Å²) < 4.78 is 0. The number of amides is 2. The molecule has 3 rings (SSSR count). The van der Waals surface area contributed by atoms with E-state index in [2.05, 4.69) is 4.99 Å². The van der Waals surface area contributed by atoms with Crippen LogP contribution in [0.2, 0.25) is 0 Å². The lowest BCUT2D eigenvalue weighted by Gasteiger charge is -2.26. The molecule has 0 fully saturated rings. The number of fused-ring (bicyclic) bond motifs is 1. The molecule has 1 aliphatic rings. The van der Waals surface area contributed by atoms with Crippen molar-refractivity contribution in [2.45, 2.75) is 45.1 Å². The van der Waals surface area contributed by atoms with Crippen molar-refractivity contribution in [1.82, 2.24) is 4.90 Å². The first kappa shape index (κ1) is 24.8. The van der Waals surface area contributed by atoms with Gasteiger partial charge in [0.15, 0.2) is 5.96 Å². The van der Waals surface area contributed by atoms with Crippen molar-refractivity contribution in [3.63, 3.8) is 0 Å². The summed E-state index contributed by atoms with van der Waals surface area (Å²) in [6, 6.07) is 14.1. The van der Waals surface area contributed by atoms with Crippen LogP contribution in [0.4, 0.5) is 11.4 Å². The fraction of sp³-hybridized carbons (Fsp3) is 0.360. The van der Waals surface area contributed by atoms with Crippen LogP contribution in [0.1, 0.15) is 48.5 Å². The van der Waals surface area contributed by atoms with Crippen LogP contribution in [-0.2, 0) is 16.0 Å². The Labute approximate surface area is 199 Å². The molecule has 0 aromatic heterocycles. The van der Waals surface area contributed by atoms with Gasteiger partial charge in [0.1, 0.15) is 6.54 Å². The molecular formula is C25H31N5O4. The Morgan fingerprint density at radius 3 is 2.50 bits per heavy atom. The van der Waals surface area contributed by atoms with E-state index < -0.39 is 12.0 Å². The summed E-state index contributed by atoms with van der Waals surface area (Å²) >= 11 is 0. The number of guanidine groups is 1. The topological polar surface area (TPSA) is 142 Å². The molecule has 9 heteroatoms. The molecule has 2 amide bonds. The third-order valence-corrected chi connectivity index (χ3v) is 5.78. The Balaban J connectivity index is 1.90. The fourth-order valence-corrected chi connectivity index (χ4v) is 4.09. The largest absolute Gasteiger partial charge is 0.481 e. The first-order valence-corrected chi connectivity index (χ1v) is 11.4. The van der Waals surface area contributed by atoms with Crippen LogP contribution in [-0.4, -0.2) is 52.9 Å². The molecule has 0 saturated heterocycles. The van der Waals surface area contributed by atoms with Gasteiger partial charge < -0.3 is 21.5 Å². The van der Waals surface area contributed by atoms with Crippen LogP contribution >= 0.6 is 0 Å². The zero-order valence-corrected chi connectivity index (χ0v) is 19.3. The van der Waals surface area contributed by atoms with E-state index in [4.69, 9.17) is 11.5 Å². The predicted molar refractivity (Wildman–Crippen MR) is 131 cm³/mol. The van der Waals surface area contributed by atoms with Crippen LogP contribution in [0.25, 0.3) is 0 Å². The Morgan fingerprint density at radius 1 is 1.09 bits per heavy atom. The monoisotopic (exact) mass is 465 g/mol. The van der Waals surface area contributed by atoms with Gasteiger partial charge in [-0.15, -0.1) is 0 Å². The van der Waals surface area contributed by atoms with Gasteiger partial charge in [0.05, 0.1) is 17.7 Å². The first-order valence-electron chi connectivity index (χ1n) is 11.4. The van der Waals surface area contributed by atoms with Crippen molar-refractivity contribution in [1.29, 1.82) is 0 Å². The van der Waals surface area contributed by atoms with E-state index in [0.29, 0.717) is 23.5 Å². The summed E-state index contributed by atoms with van der Waals surface area (Å²) in [5.41, 5.74) is 13.2. The summed E-state index contributed by atoms with van der Waals surface area (Å²) in [7, 11) is 0. The number of aryl methyl sites for hydroxylation is 1. The number of carbonyl (C=O) groups is 3. The number of hydrogen-bond donors (Lipinski definition) is 3. The molecule has 0 aliphatic carbocycles. The van der Waals surface area contributed by atoms with Crippen LogP contribution in [0, 0.1) is 0 Å². The Kier molecular flexibility index (Phi) is 8.24. The highest BCUT2D eigenvalue weighted by atomic mass is 16.4. The predicted octanol–water partition coefficient (Wildman–Crippen LogP) is 2.66. The van der Waals surface area contributed by atoms with Crippen molar-refractivity contribution in [3.05, 3.63) is 59.7 Å². The third-order valence-electron chi connectivity index (χ3n) is 5.78. The molecule has 0 saturated carbocycles. The lowest BCUT2D eigenvalue weighted by molar-refractivity contribution is -0.138. The van der Waals surface area contributed by atoms with Gasteiger partial charge in [0, 0.05) is 18.3 Å². The molecule has 1 atom stereocenters. The lowest BCUT2D eigenvalue weighted by Crippen LogP contribution is -2.43. The lowest BCUT2D eigenvalue weighted by atomic mass is 10.0. The van der Waals surface area contributed by atoms with Crippen LogP contribution in [0.3, 0.4) is 0 Å². The van der Waals surface area contributed by atoms with Crippen LogP contribution < -0.4 is 16.4 Å². The maximum absolute atomic E-state index is 13.5. The highest BCUT2D eigenvalue weighted by Crippen LogP contribution is 2.34. The molecule has 2 aromatic rings. The number of hydrogen-bond acceptors (Lipinski definition) is 4. The van der Waals surface area contributed by atoms with Gasteiger partial charge in [-0.2, -0.15) is 0 Å². The smallest absolute Gasteiger partial charge is 0.305 e. The molecule has 1 aliphatic heterocycles. The summed E-state index contributed by atoms with van der Waals surface area (Å²) in [4.78, 5) is 45.0. The SMILES string of the molecule is CC(CC(=O)O)N1CC(=O)N(c2ccccc2)c2ccc(CCCCCN=C(N)N)cc2C1=O. The number of carboxylic acid groups (broad SMARTS) is 1. The van der Waals surface area contributed by atoms with Crippen molar-refractivity contribution in [2.75, 3.05) is 18.0 Å². The molecule has 0 bridgehead atoms. The first-order chi connectivity index (χ1) is 16.3. The second-order valence-electron chi connectivity index (χ2n) is 8.41. The molecule has 0 spiro atoms. The van der Waals surface area contributed by atoms with E-state index in [0.717, 1.165) is 31.2 Å². The van der Waals surface area contributed by atoms with E-state index in [1.54, 1.807) is 17.9 Å². The number of anilines is 2. The zero-order valence-electron chi connectivity index (χ0n) is 19.3. The van der Waals surface area contributed by atoms with E-state index in [9.17, 15) is 19.5 Å². The second-order valence-corrected chi connectivity index (χ2v) is 8.41. The van der Waals surface area contributed by atoms with E-state index in [1.165, 1.54) is 4.90 Å². The molecule has 180 valence electrons. The highest BCUT2D eigenvalue weighted by Gasteiger charge is 2.35. The number of carboxylic acids is 1. The Morgan fingerprint density at radius 2 is 1.82 bits per heavy atom. The van der Waals surface area contributed by atoms with Gasteiger partial charge in [-0.05, 0) is 56.0 Å². The number of aliphatic carboxylic acids is 1. The molecule has 1 heterocycles. The van der Waals surface area contributed by atoms with Crippen molar-refractivity contribution in [2.24, 2.45) is 16.5 Å². The van der Waals surface area contributed by atoms with Crippen LogP contribution in [0.5, 0.6) is 0 Å². The average molecular weight is 466 g/mol. The molecule has 5 N–H and O–H groups in total. The van der Waals surface area contributed by atoms with Crippen LogP contribution in [0.15, 0.2) is 53.5 Å². The second kappa shape index (κ2) is 11.3. The quantitative estimate of drug-likeness (QED) is 0.280. The number of nitrogens with two attached hydrogens (primary N) is 2. The van der Waals surface area contributed by atoms with Gasteiger partial charge in [0.2, 0.25) is 0 Å². The number of nitrogens with zero attached hydrogens (tertiary/aromatic N) is 3. The highest BCUT2D eigenvalue weighted by molar-refractivity contribution is 6.13. The summed E-state index contributed by atoms with van der Waals surface area (Å²) in [6.45, 7) is 2.03. The molecule has 0 radical (unpaired) electrons. The van der Waals surface area contributed by atoms with E-state index in [-0.39, 0.29) is 30.7 Å². The average Bonchev–Trinajstić information content (AvgIpc) is 2.90. The Bertz CT molecular complexity index is 1070.